The molecule has 0 aliphatic carbocycles. The highest BCUT2D eigenvalue weighted by Crippen LogP contribution is 2.10. The molecular formula is C34H63N15O10. The zero-order chi connectivity index (χ0) is 45.4. The van der Waals surface area contributed by atoms with Gasteiger partial charge in [0.2, 0.25) is 47.3 Å². The van der Waals surface area contributed by atoms with E-state index in [-0.39, 0.29) is 63.0 Å². The molecule has 0 aliphatic rings. The van der Waals surface area contributed by atoms with Crippen molar-refractivity contribution < 1.29 is 48.3 Å². The zero-order valence-electron chi connectivity index (χ0n) is 34.0. The van der Waals surface area contributed by atoms with Crippen LogP contribution in [-0.2, 0) is 43.2 Å². The Morgan fingerprint density at radius 1 is 0.542 bits per heavy atom. The molecule has 0 aromatic rings. The highest BCUT2D eigenvalue weighted by Gasteiger charge is 2.35. The average molecular weight is 842 g/mol. The third-order valence-electron chi connectivity index (χ3n) is 8.28. The summed E-state index contributed by atoms with van der Waals surface area (Å²) >= 11 is 0. The molecule has 0 radical (unpaired) electrons. The van der Waals surface area contributed by atoms with Crippen LogP contribution >= 0.6 is 0 Å². The van der Waals surface area contributed by atoms with Crippen LogP contribution in [0.3, 0.4) is 0 Å². The Balaban J connectivity index is 6.43. The fourth-order valence-corrected chi connectivity index (χ4v) is 5.32. The number of nitrogens with two attached hydrogens (primary N) is 7. The Bertz CT molecular complexity index is 1530. The number of aliphatic carboxylic acids is 1. The lowest BCUT2D eigenvalue weighted by Crippen LogP contribution is -2.60. The number of nitrogens with zero attached hydrogens (tertiary/aromatic N) is 2. The van der Waals surface area contributed by atoms with E-state index < -0.39 is 121 Å². The Morgan fingerprint density at radius 2 is 0.966 bits per heavy atom. The first-order valence-electron chi connectivity index (χ1n) is 18.9. The Labute approximate surface area is 341 Å². The standard InChI is InChI=1S/C34H63N15O10/c1-16(2)13-22(32(58)59)48-27(53)19(8-6-12-43-34(40)41)45-28(54)20(9-10-23(36)50)46-30(56)21(14-24(37)51)47-31(57)26(17(3)4)49-29(55)18(44-25(52)15-35)7-5-11-42-33(38)39/h16-22,26H,5-15,35H2,1-4H3,(H2,36,50)(H2,37,51)(H,44,52)(H,45,54)(H,46,56)(H,47,57)(H,48,53)(H,49,55)(H,58,59)(H4,38,39,42)(H4,40,41,43)/t18-,19-,20-,21-,22-,26-/m0/s1. The maximum atomic E-state index is 13.7. The molecule has 25 heteroatoms. The van der Waals surface area contributed by atoms with Gasteiger partial charge in [0.25, 0.3) is 0 Å². The summed E-state index contributed by atoms with van der Waals surface area (Å²) in [5.74, 6) is -9.84. The van der Waals surface area contributed by atoms with Gasteiger partial charge < -0.3 is 77.1 Å². The number of guanidine groups is 2. The number of hydrogen-bond acceptors (Lipinski definition) is 12. The normalized spacial score (nSPS) is 13.9. The number of aliphatic imine (C=N–C) groups is 2. The summed E-state index contributed by atoms with van der Waals surface area (Å²) in [5.41, 5.74) is 37.5. The molecule has 25 nitrogen and oxygen atoms in total. The van der Waals surface area contributed by atoms with E-state index in [0.717, 1.165) is 0 Å². The summed E-state index contributed by atoms with van der Waals surface area (Å²) in [5, 5.41) is 24.2. The van der Waals surface area contributed by atoms with Gasteiger partial charge in [0, 0.05) is 19.5 Å². The molecule has 0 saturated heterocycles. The van der Waals surface area contributed by atoms with Gasteiger partial charge in [0.05, 0.1) is 13.0 Å². The van der Waals surface area contributed by atoms with Crippen LogP contribution in [0.2, 0.25) is 0 Å². The number of hydrogen-bond donors (Lipinski definition) is 14. The van der Waals surface area contributed by atoms with Gasteiger partial charge in [-0.3, -0.25) is 48.3 Å². The molecule has 0 unspecified atom stereocenters. The minimum Gasteiger partial charge on any atom is -0.480 e. The van der Waals surface area contributed by atoms with Gasteiger partial charge in [-0.1, -0.05) is 27.7 Å². The second-order valence-electron chi connectivity index (χ2n) is 14.3. The van der Waals surface area contributed by atoms with Gasteiger partial charge in [0.15, 0.2) is 11.9 Å². The van der Waals surface area contributed by atoms with Crippen molar-refractivity contribution in [3.8, 4) is 0 Å². The van der Waals surface area contributed by atoms with E-state index >= 15 is 0 Å². The molecule has 8 amide bonds. The van der Waals surface area contributed by atoms with Crippen molar-refractivity contribution in [2.24, 2.45) is 62.0 Å². The van der Waals surface area contributed by atoms with E-state index in [1.807, 2.05) is 0 Å². The summed E-state index contributed by atoms with van der Waals surface area (Å²) in [4.78, 5) is 123. The van der Waals surface area contributed by atoms with E-state index in [0.29, 0.717) is 0 Å². The number of carboxylic acids is 1. The van der Waals surface area contributed by atoms with Gasteiger partial charge in [-0.05, 0) is 50.4 Å². The van der Waals surface area contributed by atoms with Crippen LogP contribution in [-0.4, -0.2) is 126 Å². The molecule has 21 N–H and O–H groups in total. The van der Waals surface area contributed by atoms with Crippen LogP contribution in [0.4, 0.5) is 0 Å². The fraction of sp³-hybridized carbons (Fsp3) is 0.676. The largest absolute Gasteiger partial charge is 0.480 e. The first kappa shape index (κ1) is 52.7. The van der Waals surface area contributed by atoms with Gasteiger partial charge >= 0.3 is 5.97 Å². The predicted octanol–water partition coefficient (Wildman–Crippen LogP) is -6.11. The molecule has 59 heavy (non-hydrogen) atoms. The lowest BCUT2D eigenvalue weighted by molar-refractivity contribution is -0.143. The molecule has 6 atom stereocenters. The molecular weight excluding hydrogens is 778 g/mol. The molecule has 0 heterocycles. The minimum absolute atomic E-state index is 0.0346. The van der Waals surface area contributed by atoms with Gasteiger partial charge in [0.1, 0.15) is 36.3 Å². The number of nitrogens with one attached hydrogen (secondary N) is 6. The Hall–Kier alpha value is -6.27. The van der Waals surface area contributed by atoms with Crippen LogP contribution in [0.1, 0.15) is 79.1 Å². The molecule has 0 rings (SSSR count). The Morgan fingerprint density at radius 3 is 1.37 bits per heavy atom. The maximum absolute atomic E-state index is 13.7. The number of carbonyl (C=O) groups excluding carboxylic acids is 8. The molecule has 0 aromatic carbocycles. The number of carboxylic acid groups (broad SMARTS) is 1. The second-order valence-corrected chi connectivity index (χ2v) is 14.3. The van der Waals surface area contributed by atoms with Crippen LogP contribution in [0.25, 0.3) is 0 Å². The number of rotatable bonds is 29. The first-order valence-corrected chi connectivity index (χ1v) is 18.9. The summed E-state index contributed by atoms with van der Waals surface area (Å²) in [6, 6.07) is -8.56. The SMILES string of the molecule is CC(C)C[C@H](NC(=O)[C@H](CCCN=C(N)N)NC(=O)[C@H](CCC(N)=O)NC(=O)[C@H](CC(N)=O)NC(=O)[C@@H](NC(=O)[C@H](CCCN=C(N)N)NC(=O)CN)C(C)C)C(=O)O. The van der Waals surface area contributed by atoms with E-state index in [1.165, 1.54) is 0 Å². The van der Waals surface area contributed by atoms with E-state index in [2.05, 4.69) is 41.9 Å². The van der Waals surface area contributed by atoms with E-state index in [1.54, 1.807) is 27.7 Å². The summed E-state index contributed by atoms with van der Waals surface area (Å²) in [6.07, 6.45) is -1.27. The van der Waals surface area contributed by atoms with Crippen molar-refractivity contribution in [1.82, 2.24) is 31.9 Å². The quantitative estimate of drug-likeness (QED) is 0.0189. The van der Waals surface area contributed by atoms with Crippen LogP contribution in [0, 0.1) is 11.8 Å². The van der Waals surface area contributed by atoms with Crippen molar-refractivity contribution in [3.63, 3.8) is 0 Å². The smallest absolute Gasteiger partial charge is 0.326 e. The van der Waals surface area contributed by atoms with Gasteiger partial charge in [-0.15, -0.1) is 0 Å². The summed E-state index contributed by atoms with van der Waals surface area (Å²) in [7, 11) is 0. The van der Waals surface area contributed by atoms with Crippen molar-refractivity contribution in [2.45, 2.75) is 115 Å². The van der Waals surface area contributed by atoms with Crippen molar-refractivity contribution >= 4 is 65.1 Å². The predicted molar refractivity (Wildman–Crippen MR) is 215 cm³/mol. The number of primary amides is 2. The first-order chi connectivity index (χ1) is 27.5. The Kier molecular flexibility index (Phi) is 24.5. The fourth-order valence-electron chi connectivity index (χ4n) is 5.32. The molecule has 0 aliphatic heterocycles. The lowest BCUT2D eigenvalue weighted by Gasteiger charge is -2.28. The van der Waals surface area contributed by atoms with Crippen molar-refractivity contribution in [2.75, 3.05) is 19.6 Å². The molecule has 0 bridgehead atoms. The van der Waals surface area contributed by atoms with Crippen LogP contribution < -0.4 is 72.0 Å². The third kappa shape index (κ3) is 22.9. The van der Waals surface area contributed by atoms with Crippen molar-refractivity contribution in [3.05, 3.63) is 0 Å². The third-order valence-corrected chi connectivity index (χ3v) is 8.28. The molecule has 0 spiro atoms. The van der Waals surface area contributed by atoms with Crippen LogP contribution in [0.15, 0.2) is 9.98 Å². The minimum atomic E-state index is -1.74. The van der Waals surface area contributed by atoms with Gasteiger partial charge in [-0.2, -0.15) is 0 Å². The lowest BCUT2D eigenvalue weighted by atomic mass is 10.0. The number of amides is 8. The zero-order valence-corrected chi connectivity index (χ0v) is 34.0. The van der Waals surface area contributed by atoms with E-state index in [4.69, 9.17) is 40.1 Å². The summed E-state index contributed by atoms with van der Waals surface area (Å²) < 4.78 is 0. The van der Waals surface area contributed by atoms with E-state index in [9.17, 15) is 48.3 Å². The maximum Gasteiger partial charge on any atom is 0.326 e. The highest BCUT2D eigenvalue weighted by molar-refractivity contribution is 5.98. The second kappa shape index (κ2) is 27.4. The molecule has 0 fully saturated rings. The van der Waals surface area contributed by atoms with Gasteiger partial charge in [-0.25, -0.2) is 4.79 Å². The molecule has 334 valence electrons. The molecule has 0 saturated carbocycles. The number of carbonyl (C=O) groups is 9. The highest BCUT2D eigenvalue weighted by atomic mass is 16.4. The topological polar surface area (TPSA) is 453 Å². The average Bonchev–Trinajstić information content (AvgIpc) is 3.12. The van der Waals surface area contributed by atoms with Crippen molar-refractivity contribution in [1.29, 1.82) is 0 Å². The van der Waals surface area contributed by atoms with Crippen LogP contribution in [0.5, 0.6) is 0 Å². The summed E-state index contributed by atoms with van der Waals surface area (Å²) in [6.45, 7) is 6.34. The molecule has 0 aromatic heterocycles. The monoisotopic (exact) mass is 841 g/mol.